The molecule has 0 aromatic carbocycles. The van der Waals surface area contributed by atoms with Gasteiger partial charge in [0.2, 0.25) is 5.91 Å². The Labute approximate surface area is 132 Å². The van der Waals surface area contributed by atoms with E-state index < -0.39 is 30.8 Å². The van der Waals surface area contributed by atoms with Crippen LogP contribution in [0.3, 0.4) is 0 Å². The maximum atomic E-state index is 13.0. The van der Waals surface area contributed by atoms with Crippen molar-refractivity contribution in [2.45, 2.75) is 38.3 Å². The van der Waals surface area contributed by atoms with Crippen molar-refractivity contribution in [3.8, 4) is 0 Å². The average Bonchev–Trinajstić information content (AvgIpc) is 2.84. The average molecular weight is 348 g/mol. The number of rotatable bonds is 3. The normalized spacial score (nSPS) is 21.5. The first-order chi connectivity index (χ1) is 8.37. The Morgan fingerprint density at radius 2 is 2.25 bits per heavy atom. The summed E-state index contributed by atoms with van der Waals surface area (Å²) in [6.45, 7) is 3.23. The van der Waals surface area contributed by atoms with E-state index in [0.717, 1.165) is 10.7 Å². The Hall–Kier alpha value is -0.500. The van der Waals surface area contributed by atoms with Crippen molar-refractivity contribution >= 4 is 42.1 Å². The number of carbonyl (C=O) groups excluding carboxylic acids is 1. The molecule has 1 aliphatic rings. The first-order valence-electron chi connectivity index (χ1n) is 5.71. The van der Waals surface area contributed by atoms with E-state index >= 15 is 0 Å². The highest BCUT2D eigenvalue weighted by molar-refractivity contribution is 7.09. The molecule has 0 aliphatic carbocycles. The third-order valence-corrected chi connectivity index (χ3v) is 3.94. The number of thiazole rings is 1. The van der Waals surface area contributed by atoms with Crippen LogP contribution >= 0.6 is 36.2 Å². The molecule has 2 atom stereocenters. The van der Waals surface area contributed by atoms with Gasteiger partial charge in [0.25, 0.3) is 5.92 Å². The number of nitrogens with one attached hydrogen (secondary N) is 2. The molecular formula is C11H17Cl2F2N3OS. The predicted molar refractivity (Wildman–Crippen MR) is 79.3 cm³/mol. The number of carbonyl (C=O) groups is 1. The number of hydrogen-bond donors (Lipinski definition) is 2. The number of amides is 1. The van der Waals surface area contributed by atoms with E-state index in [1.54, 1.807) is 6.92 Å². The summed E-state index contributed by atoms with van der Waals surface area (Å²) in [6, 6.07) is -1.07. The summed E-state index contributed by atoms with van der Waals surface area (Å²) in [7, 11) is 0. The second-order valence-corrected chi connectivity index (χ2v) is 5.44. The largest absolute Gasteiger partial charge is 0.346 e. The minimum absolute atomic E-state index is 0. The van der Waals surface area contributed by atoms with Crippen molar-refractivity contribution in [1.82, 2.24) is 15.6 Å². The van der Waals surface area contributed by atoms with Crippen LogP contribution in [0.25, 0.3) is 0 Å². The minimum atomic E-state index is -2.79. The van der Waals surface area contributed by atoms with Gasteiger partial charge in [0.15, 0.2) is 0 Å². The van der Waals surface area contributed by atoms with Crippen molar-refractivity contribution in [1.29, 1.82) is 0 Å². The third kappa shape index (κ3) is 4.80. The summed E-state index contributed by atoms with van der Waals surface area (Å²) in [5.41, 5.74) is 0.890. The third-order valence-electron chi connectivity index (χ3n) is 2.79. The number of aryl methyl sites for hydroxylation is 1. The molecule has 116 valence electrons. The summed E-state index contributed by atoms with van der Waals surface area (Å²) in [4.78, 5) is 16.0. The van der Waals surface area contributed by atoms with Crippen molar-refractivity contribution in [3.05, 3.63) is 16.1 Å². The Balaban J connectivity index is 0.00000180. The van der Waals surface area contributed by atoms with E-state index in [0.29, 0.717) is 0 Å². The molecule has 1 saturated heterocycles. The second-order valence-electron chi connectivity index (χ2n) is 4.55. The Morgan fingerprint density at radius 1 is 1.60 bits per heavy atom. The van der Waals surface area contributed by atoms with Crippen LogP contribution in [0.1, 0.15) is 30.1 Å². The van der Waals surface area contributed by atoms with Crippen LogP contribution in [0.15, 0.2) is 5.38 Å². The molecule has 1 aliphatic heterocycles. The van der Waals surface area contributed by atoms with E-state index in [1.807, 2.05) is 12.3 Å². The Kier molecular flexibility index (Phi) is 7.30. The molecule has 1 aromatic heterocycles. The fourth-order valence-electron chi connectivity index (χ4n) is 1.85. The lowest BCUT2D eigenvalue weighted by molar-refractivity contribution is -0.124. The highest BCUT2D eigenvalue weighted by Gasteiger charge is 2.42. The monoisotopic (exact) mass is 347 g/mol. The molecule has 1 fully saturated rings. The van der Waals surface area contributed by atoms with Crippen LogP contribution in [-0.4, -0.2) is 29.4 Å². The van der Waals surface area contributed by atoms with Gasteiger partial charge >= 0.3 is 0 Å². The van der Waals surface area contributed by atoms with Gasteiger partial charge in [-0.2, -0.15) is 0 Å². The van der Waals surface area contributed by atoms with Crippen molar-refractivity contribution in [3.63, 3.8) is 0 Å². The van der Waals surface area contributed by atoms with Gasteiger partial charge in [-0.15, -0.1) is 36.2 Å². The van der Waals surface area contributed by atoms with Crippen LogP contribution < -0.4 is 10.6 Å². The van der Waals surface area contributed by atoms with Gasteiger partial charge in [0.1, 0.15) is 5.01 Å². The van der Waals surface area contributed by atoms with Crippen LogP contribution in [-0.2, 0) is 4.79 Å². The molecule has 2 rings (SSSR count). The standard InChI is InChI=1S/C11H15F2N3OS.2ClH/c1-6-4-18-10(15-6)7(2)16-9(17)8-3-11(12,13)5-14-8;;/h4,7-8,14H,3,5H2,1-2H3,(H,16,17);2*1H. The van der Waals surface area contributed by atoms with Crippen LogP contribution in [0.4, 0.5) is 8.78 Å². The first-order valence-corrected chi connectivity index (χ1v) is 6.59. The zero-order valence-electron chi connectivity index (χ0n) is 11.0. The Bertz CT molecular complexity index is 459. The fourth-order valence-corrected chi connectivity index (χ4v) is 2.65. The van der Waals surface area contributed by atoms with Gasteiger partial charge in [-0.3, -0.25) is 10.1 Å². The van der Waals surface area contributed by atoms with Gasteiger partial charge in [0.05, 0.1) is 18.6 Å². The number of hydrogen-bond acceptors (Lipinski definition) is 4. The van der Waals surface area contributed by atoms with Gasteiger partial charge < -0.3 is 5.32 Å². The van der Waals surface area contributed by atoms with Gasteiger partial charge in [-0.25, -0.2) is 13.8 Å². The quantitative estimate of drug-likeness (QED) is 0.882. The molecule has 9 heteroatoms. The molecule has 1 amide bonds. The molecule has 1 aromatic rings. The highest BCUT2D eigenvalue weighted by Crippen LogP contribution is 2.25. The molecule has 0 spiro atoms. The lowest BCUT2D eigenvalue weighted by Crippen LogP contribution is -2.41. The number of alkyl halides is 2. The van der Waals surface area contributed by atoms with E-state index in [9.17, 15) is 13.6 Å². The summed E-state index contributed by atoms with van der Waals surface area (Å²) in [6.07, 6.45) is -0.442. The van der Waals surface area contributed by atoms with E-state index in [1.165, 1.54) is 11.3 Å². The molecule has 2 heterocycles. The molecule has 2 unspecified atom stereocenters. The fraction of sp³-hybridized carbons (Fsp3) is 0.636. The van der Waals surface area contributed by atoms with Crippen LogP contribution in [0.2, 0.25) is 0 Å². The molecule has 20 heavy (non-hydrogen) atoms. The molecule has 2 N–H and O–H groups in total. The second kappa shape index (κ2) is 7.49. The topological polar surface area (TPSA) is 54.0 Å². The first kappa shape index (κ1) is 19.5. The lowest BCUT2D eigenvalue weighted by Gasteiger charge is -2.15. The van der Waals surface area contributed by atoms with Gasteiger partial charge in [-0.1, -0.05) is 0 Å². The summed E-state index contributed by atoms with van der Waals surface area (Å²) in [5.74, 6) is -3.18. The summed E-state index contributed by atoms with van der Waals surface area (Å²) < 4.78 is 25.9. The summed E-state index contributed by atoms with van der Waals surface area (Å²) in [5, 5.41) is 7.90. The number of nitrogens with zero attached hydrogens (tertiary/aromatic N) is 1. The SMILES string of the molecule is Cc1csc(C(C)NC(=O)C2CC(F)(F)CN2)n1.Cl.Cl. The smallest absolute Gasteiger partial charge is 0.262 e. The van der Waals surface area contributed by atoms with E-state index in [2.05, 4.69) is 15.6 Å². The minimum Gasteiger partial charge on any atom is -0.346 e. The maximum Gasteiger partial charge on any atom is 0.262 e. The van der Waals surface area contributed by atoms with E-state index in [4.69, 9.17) is 0 Å². The molecule has 0 bridgehead atoms. The van der Waals surface area contributed by atoms with Crippen LogP contribution in [0, 0.1) is 6.92 Å². The Morgan fingerprint density at radius 3 is 2.70 bits per heavy atom. The zero-order valence-corrected chi connectivity index (χ0v) is 13.4. The molecular weight excluding hydrogens is 331 g/mol. The molecule has 4 nitrogen and oxygen atoms in total. The molecule has 0 saturated carbocycles. The van der Waals surface area contributed by atoms with Crippen molar-refractivity contribution < 1.29 is 13.6 Å². The summed E-state index contributed by atoms with van der Waals surface area (Å²) >= 11 is 1.45. The number of aromatic nitrogens is 1. The van der Waals surface area contributed by atoms with Crippen molar-refractivity contribution in [2.75, 3.05) is 6.54 Å². The van der Waals surface area contributed by atoms with Gasteiger partial charge in [0, 0.05) is 17.5 Å². The van der Waals surface area contributed by atoms with Crippen molar-refractivity contribution in [2.24, 2.45) is 0 Å². The highest BCUT2D eigenvalue weighted by atomic mass is 35.5. The van der Waals surface area contributed by atoms with E-state index in [-0.39, 0.29) is 30.9 Å². The lowest BCUT2D eigenvalue weighted by atomic mass is 10.1. The molecule has 0 radical (unpaired) electrons. The van der Waals surface area contributed by atoms with Crippen LogP contribution in [0.5, 0.6) is 0 Å². The number of halogens is 4. The van der Waals surface area contributed by atoms with Gasteiger partial charge in [-0.05, 0) is 13.8 Å². The zero-order chi connectivity index (χ0) is 13.3. The maximum absolute atomic E-state index is 13.0. The predicted octanol–water partition coefficient (Wildman–Crippen LogP) is 2.47.